The van der Waals surface area contributed by atoms with Crippen molar-refractivity contribution in [3.8, 4) is 34.0 Å². The molecule has 1 saturated heterocycles. The Morgan fingerprint density at radius 1 is 1.05 bits per heavy atom. The van der Waals surface area contributed by atoms with Gasteiger partial charge < -0.3 is 23.8 Å². The first-order valence-electron chi connectivity index (χ1n) is 14.4. The zero-order valence-electron chi connectivity index (χ0n) is 24.9. The van der Waals surface area contributed by atoms with Gasteiger partial charge in [-0.3, -0.25) is 4.90 Å². The maximum Gasteiger partial charge on any atom is 0.411 e. The van der Waals surface area contributed by atoms with Gasteiger partial charge in [-0.15, -0.1) is 15.3 Å². The third-order valence-electron chi connectivity index (χ3n) is 8.37. The van der Waals surface area contributed by atoms with Crippen molar-refractivity contribution < 1.29 is 23.7 Å². The number of ether oxygens (including phenoxy) is 4. The molecule has 222 valence electrons. The minimum Gasteiger partial charge on any atom is -0.480 e. The predicted molar refractivity (Wildman–Crippen MR) is 156 cm³/mol. The number of hydrogen-bond acceptors (Lipinski definition) is 10. The highest BCUT2D eigenvalue weighted by Gasteiger charge is 2.63. The molecule has 11 nitrogen and oxygen atoms in total. The van der Waals surface area contributed by atoms with Crippen molar-refractivity contribution in [2.24, 2.45) is 5.92 Å². The van der Waals surface area contributed by atoms with E-state index in [9.17, 15) is 4.79 Å². The van der Waals surface area contributed by atoms with Gasteiger partial charge >= 0.3 is 6.09 Å². The minimum absolute atomic E-state index is 0.0224. The Bertz CT molecular complexity index is 1430. The summed E-state index contributed by atoms with van der Waals surface area (Å²) in [4.78, 5) is 17.6. The van der Waals surface area contributed by atoms with Gasteiger partial charge in [0.1, 0.15) is 11.4 Å². The summed E-state index contributed by atoms with van der Waals surface area (Å²) in [5.41, 5.74) is 2.67. The summed E-state index contributed by atoms with van der Waals surface area (Å²) in [5.74, 6) is 2.59. The second kappa shape index (κ2) is 11.0. The molecule has 0 N–H and O–H groups in total. The monoisotopic (exact) mass is 574 g/mol. The van der Waals surface area contributed by atoms with Gasteiger partial charge in [0.05, 0.1) is 25.0 Å². The molecule has 1 aromatic carbocycles. The van der Waals surface area contributed by atoms with Crippen LogP contribution in [0, 0.1) is 5.92 Å². The molecule has 4 fully saturated rings. The predicted octanol–water partition coefficient (Wildman–Crippen LogP) is 4.96. The van der Waals surface area contributed by atoms with E-state index in [-0.39, 0.29) is 24.5 Å². The molecule has 1 aliphatic heterocycles. The van der Waals surface area contributed by atoms with E-state index in [2.05, 4.69) is 30.2 Å². The first-order valence-corrected chi connectivity index (χ1v) is 14.4. The summed E-state index contributed by atoms with van der Waals surface area (Å²) in [7, 11) is 3.14. The van der Waals surface area contributed by atoms with Gasteiger partial charge in [-0.05, 0) is 82.2 Å². The van der Waals surface area contributed by atoms with Crippen LogP contribution in [0.15, 0.2) is 42.6 Å². The standard InChI is InChI=1S/C31H38N6O5/c1-30(2,3)42-29(38)37(31-14-20(15-31)16-31)23-10-11-36(18-23)27-9-8-25(33-34-27)24-7-6-21(12-26(24)41-19-39-4)22-13-28(40-5)35-32-17-22/h6-9,12-13,17,20,23H,10-11,14-16,18-19H2,1-5H3. The van der Waals surface area contributed by atoms with E-state index in [1.165, 1.54) is 0 Å². The molecule has 3 aliphatic carbocycles. The average molecular weight is 575 g/mol. The molecule has 42 heavy (non-hydrogen) atoms. The van der Waals surface area contributed by atoms with Crippen LogP contribution >= 0.6 is 0 Å². The maximum absolute atomic E-state index is 13.3. The number of nitrogens with zero attached hydrogens (tertiary/aromatic N) is 6. The summed E-state index contributed by atoms with van der Waals surface area (Å²) in [6, 6.07) is 11.7. The molecule has 11 heteroatoms. The Kier molecular flexibility index (Phi) is 7.38. The molecule has 0 radical (unpaired) electrons. The van der Waals surface area contributed by atoms with E-state index in [1.54, 1.807) is 20.4 Å². The Balaban J connectivity index is 1.20. The Labute approximate surface area is 246 Å². The van der Waals surface area contributed by atoms with Gasteiger partial charge in [0.25, 0.3) is 0 Å². The SMILES string of the molecule is COCOc1cc(-c2cnnc(OC)c2)ccc1-c1ccc(N2CCC(N(C(=O)OC(C)(C)C)C34CC(C3)C4)C2)nn1. The van der Waals surface area contributed by atoms with Gasteiger partial charge in [0, 0.05) is 42.9 Å². The normalized spacial score (nSPS) is 22.6. The van der Waals surface area contributed by atoms with Crippen molar-refractivity contribution in [2.75, 3.05) is 39.0 Å². The van der Waals surface area contributed by atoms with Crippen molar-refractivity contribution in [1.29, 1.82) is 0 Å². The highest BCUT2D eigenvalue weighted by atomic mass is 16.7. The van der Waals surface area contributed by atoms with Crippen LogP contribution in [0.25, 0.3) is 22.4 Å². The van der Waals surface area contributed by atoms with Gasteiger partial charge in [-0.1, -0.05) is 6.07 Å². The number of benzene rings is 1. The lowest BCUT2D eigenvalue weighted by Crippen LogP contribution is -2.72. The van der Waals surface area contributed by atoms with Gasteiger partial charge in [-0.25, -0.2) is 4.79 Å². The molecule has 3 saturated carbocycles. The lowest BCUT2D eigenvalue weighted by molar-refractivity contribution is -0.149. The molecule has 0 spiro atoms. The highest BCUT2D eigenvalue weighted by Crippen LogP contribution is 2.61. The maximum atomic E-state index is 13.3. The van der Waals surface area contributed by atoms with Crippen molar-refractivity contribution >= 4 is 11.9 Å². The van der Waals surface area contributed by atoms with Crippen molar-refractivity contribution in [3.05, 3.63) is 42.6 Å². The average Bonchev–Trinajstić information content (AvgIpc) is 3.41. The number of methoxy groups -OCH3 is 2. The van der Waals surface area contributed by atoms with Crippen LogP contribution in [0.4, 0.5) is 10.6 Å². The Morgan fingerprint density at radius 2 is 1.86 bits per heavy atom. The number of aromatic nitrogens is 4. The summed E-state index contributed by atoms with van der Waals surface area (Å²) in [6.45, 7) is 7.38. The number of rotatable bonds is 9. The first kappa shape index (κ1) is 28.1. The lowest BCUT2D eigenvalue weighted by atomic mass is 9.49. The smallest absolute Gasteiger partial charge is 0.411 e. The van der Waals surface area contributed by atoms with Crippen LogP contribution < -0.4 is 14.4 Å². The van der Waals surface area contributed by atoms with E-state index in [1.807, 2.05) is 57.2 Å². The fraction of sp³-hybridized carbons (Fsp3) is 0.516. The summed E-state index contributed by atoms with van der Waals surface area (Å²) in [6.07, 6.45) is 5.63. The molecule has 3 heterocycles. The summed E-state index contributed by atoms with van der Waals surface area (Å²) in [5, 5.41) is 17.1. The van der Waals surface area contributed by atoms with Gasteiger partial charge in [0.2, 0.25) is 5.88 Å². The van der Waals surface area contributed by atoms with E-state index >= 15 is 0 Å². The van der Waals surface area contributed by atoms with Gasteiger partial charge in [-0.2, -0.15) is 5.10 Å². The van der Waals surface area contributed by atoms with Crippen molar-refractivity contribution in [3.63, 3.8) is 0 Å². The second-order valence-corrected chi connectivity index (χ2v) is 12.5. The molecule has 1 unspecified atom stereocenters. The van der Waals surface area contributed by atoms with E-state index in [0.717, 1.165) is 60.7 Å². The van der Waals surface area contributed by atoms with Crippen LogP contribution in [0.3, 0.4) is 0 Å². The number of carbonyl (C=O) groups excluding carboxylic acids is 1. The fourth-order valence-electron chi connectivity index (χ4n) is 6.33. The third-order valence-corrected chi connectivity index (χ3v) is 8.37. The topological polar surface area (TPSA) is 112 Å². The van der Waals surface area contributed by atoms with Crippen LogP contribution in [0.5, 0.6) is 11.6 Å². The zero-order valence-corrected chi connectivity index (χ0v) is 24.9. The first-order chi connectivity index (χ1) is 20.2. The van der Waals surface area contributed by atoms with Crippen LogP contribution in [0.1, 0.15) is 46.5 Å². The third kappa shape index (κ3) is 5.45. The molecule has 2 aromatic heterocycles. The van der Waals surface area contributed by atoms with Crippen LogP contribution in [-0.2, 0) is 9.47 Å². The zero-order chi connectivity index (χ0) is 29.5. The molecule has 3 aromatic rings. The van der Waals surface area contributed by atoms with E-state index in [0.29, 0.717) is 23.9 Å². The quantitative estimate of drug-likeness (QED) is 0.325. The fourth-order valence-corrected chi connectivity index (χ4v) is 6.33. The number of anilines is 1. The number of hydrogen-bond donors (Lipinski definition) is 0. The summed E-state index contributed by atoms with van der Waals surface area (Å²) < 4.78 is 22.2. The van der Waals surface area contributed by atoms with E-state index in [4.69, 9.17) is 18.9 Å². The molecule has 4 aliphatic rings. The molecular weight excluding hydrogens is 536 g/mol. The van der Waals surface area contributed by atoms with Crippen LogP contribution in [-0.4, -0.2) is 82.7 Å². The number of carbonyl (C=O) groups is 1. The number of amides is 1. The van der Waals surface area contributed by atoms with Crippen molar-refractivity contribution in [1.82, 2.24) is 25.3 Å². The lowest BCUT2D eigenvalue weighted by Gasteiger charge is -2.67. The van der Waals surface area contributed by atoms with Crippen LogP contribution in [0.2, 0.25) is 0 Å². The molecule has 1 atom stereocenters. The minimum atomic E-state index is -0.523. The molecular formula is C31H38N6O5. The molecule has 2 bridgehead atoms. The largest absolute Gasteiger partial charge is 0.480 e. The van der Waals surface area contributed by atoms with Gasteiger partial charge in [0.15, 0.2) is 12.6 Å². The Morgan fingerprint density at radius 3 is 2.50 bits per heavy atom. The molecule has 7 rings (SSSR count). The Hall–Kier alpha value is -3.99. The second-order valence-electron chi connectivity index (χ2n) is 12.5. The van der Waals surface area contributed by atoms with Crippen molar-refractivity contribution in [2.45, 2.75) is 63.6 Å². The van der Waals surface area contributed by atoms with E-state index < -0.39 is 5.60 Å². The summed E-state index contributed by atoms with van der Waals surface area (Å²) >= 11 is 0. The highest BCUT2D eigenvalue weighted by molar-refractivity contribution is 5.75. The molecule has 1 amide bonds.